The molecule has 0 bridgehead atoms. The zero-order chi connectivity index (χ0) is 14.0. The number of nitrogens with zero attached hydrogens (tertiary/aromatic N) is 3. The number of aromatic nitrogens is 2. The summed E-state index contributed by atoms with van der Waals surface area (Å²) in [4.78, 5) is 2.09. The Hall–Kier alpha value is -1.75. The Balaban J connectivity index is 2.11. The molecule has 1 atom stereocenters. The first-order valence-corrected chi connectivity index (χ1v) is 6.47. The third-order valence-electron chi connectivity index (χ3n) is 3.29. The van der Waals surface area contributed by atoms with Crippen molar-refractivity contribution in [1.29, 1.82) is 0 Å². The van der Waals surface area contributed by atoms with Crippen molar-refractivity contribution in [3.05, 3.63) is 35.4 Å². The van der Waals surface area contributed by atoms with Crippen LogP contribution in [-0.2, 0) is 13.6 Å². The Bertz CT molecular complexity index is 528. The average molecular weight is 262 g/mol. The zero-order valence-electron chi connectivity index (χ0n) is 12.3. The molecule has 0 unspecified atom stereocenters. The van der Waals surface area contributed by atoms with Crippen LogP contribution in [0.25, 0.3) is 0 Å². The summed E-state index contributed by atoms with van der Waals surface area (Å²) in [5, 5.41) is 7.96. The van der Waals surface area contributed by atoms with Gasteiger partial charge in [0.15, 0.2) is 0 Å². The van der Waals surface area contributed by atoms with Gasteiger partial charge in [0.05, 0.1) is 18.0 Å². The predicted molar refractivity (Wildman–Crippen MR) is 76.2 cm³/mol. The minimum absolute atomic E-state index is 0.185. The second kappa shape index (κ2) is 5.48. The van der Waals surface area contributed by atoms with Crippen LogP contribution in [-0.4, -0.2) is 23.9 Å². The number of nitrogens with one attached hydrogen (secondary N) is 1. The Morgan fingerprint density at radius 1 is 1.47 bits per heavy atom. The topological polar surface area (TPSA) is 46.2 Å². The van der Waals surface area contributed by atoms with Crippen LogP contribution in [0.2, 0.25) is 0 Å². The molecule has 1 N–H and O–H groups in total. The number of anilines is 1. The predicted octanol–water partition coefficient (Wildman–Crippen LogP) is 2.24. The molecule has 2 rings (SSSR count). The van der Waals surface area contributed by atoms with Crippen LogP contribution in [0.5, 0.6) is 0 Å². The Morgan fingerprint density at radius 2 is 2.21 bits per heavy atom. The SMILES string of the molecule is Cc1nn(C)c(N(C)C)c1CN[C@H](C)c1ccco1. The Labute approximate surface area is 114 Å². The normalized spacial score (nSPS) is 12.7. The third-order valence-corrected chi connectivity index (χ3v) is 3.29. The molecule has 0 amide bonds. The van der Waals surface area contributed by atoms with E-state index in [9.17, 15) is 0 Å². The monoisotopic (exact) mass is 262 g/mol. The maximum Gasteiger partial charge on any atom is 0.130 e. The van der Waals surface area contributed by atoms with E-state index in [-0.39, 0.29) is 6.04 Å². The van der Waals surface area contributed by atoms with Crippen molar-refractivity contribution in [2.45, 2.75) is 26.4 Å². The first-order valence-electron chi connectivity index (χ1n) is 6.47. The lowest BCUT2D eigenvalue weighted by Gasteiger charge is -2.17. The Morgan fingerprint density at radius 3 is 2.79 bits per heavy atom. The van der Waals surface area contributed by atoms with E-state index in [1.54, 1.807) is 6.26 Å². The van der Waals surface area contributed by atoms with Crippen LogP contribution in [0.4, 0.5) is 5.82 Å². The number of furan rings is 1. The molecular formula is C14H22N4O. The van der Waals surface area contributed by atoms with E-state index in [2.05, 4.69) is 22.2 Å². The maximum absolute atomic E-state index is 5.40. The summed E-state index contributed by atoms with van der Waals surface area (Å²) in [7, 11) is 6.05. The van der Waals surface area contributed by atoms with E-state index in [1.807, 2.05) is 44.9 Å². The molecule has 0 saturated heterocycles. The van der Waals surface area contributed by atoms with Crippen LogP contribution in [0, 0.1) is 6.92 Å². The smallest absolute Gasteiger partial charge is 0.130 e. The highest BCUT2D eigenvalue weighted by Crippen LogP contribution is 2.22. The molecule has 0 aliphatic heterocycles. The largest absolute Gasteiger partial charge is 0.468 e. The molecule has 0 aliphatic rings. The van der Waals surface area contributed by atoms with E-state index < -0.39 is 0 Å². The van der Waals surface area contributed by atoms with Crippen LogP contribution in [0.1, 0.15) is 30.0 Å². The van der Waals surface area contributed by atoms with Gasteiger partial charge in [0.2, 0.25) is 0 Å². The number of rotatable bonds is 5. The lowest BCUT2D eigenvalue weighted by atomic mass is 10.2. The molecule has 0 fully saturated rings. The molecule has 0 spiro atoms. The molecule has 0 saturated carbocycles. The molecular weight excluding hydrogens is 240 g/mol. The molecule has 2 aromatic heterocycles. The first kappa shape index (κ1) is 13.7. The number of hydrogen-bond donors (Lipinski definition) is 1. The van der Waals surface area contributed by atoms with Crippen LogP contribution in [0.3, 0.4) is 0 Å². The van der Waals surface area contributed by atoms with E-state index >= 15 is 0 Å². The molecule has 104 valence electrons. The van der Waals surface area contributed by atoms with Crippen molar-refractivity contribution in [2.24, 2.45) is 7.05 Å². The third kappa shape index (κ3) is 2.81. The molecule has 0 radical (unpaired) electrons. The standard InChI is InChI=1S/C14H22N4O/c1-10-12(14(17(3)4)18(5)16-10)9-15-11(2)13-7-6-8-19-13/h6-8,11,15H,9H2,1-5H3/t11-/m1/s1. The summed E-state index contributed by atoms with van der Waals surface area (Å²) in [5.74, 6) is 2.09. The van der Waals surface area contributed by atoms with Crippen molar-refractivity contribution in [2.75, 3.05) is 19.0 Å². The fourth-order valence-electron chi connectivity index (χ4n) is 2.35. The summed E-state index contributed by atoms with van der Waals surface area (Å²) in [6.45, 7) is 4.91. The van der Waals surface area contributed by atoms with E-state index in [0.29, 0.717) is 0 Å². The molecule has 0 aliphatic carbocycles. The van der Waals surface area contributed by atoms with Gasteiger partial charge < -0.3 is 14.6 Å². The van der Waals surface area contributed by atoms with E-state index in [0.717, 1.165) is 23.8 Å². The summed E-state index contributed by atoms with van der Waals surface area (Å²) in [6.07, 6.45) is 1.70. The van der Waals surface area contributed by atoms with Gasteiger partial charge in [-0.25, -0.2) is 0 Å². The van der Waals surface area contributed by atoms with Gasteiger partial charge >= 0.3 is 0 Å². The van der Waals surface area contributed by atoms with Crippen molar-refractivity contribution in [3.63, 3.8) is 0 Å². The van der Waals surface area contributed by atoms with Crippen LogP contribution >= 0.6 is 0 Å². The highest BCUT2D eigenvalue weighted by atomic mass is 16.3. The second-order valence-corrected chi connectivity index (χ2v) is 5.02. The average Bonchev–Trinajstić information content (AvgIpc) is 2.94. The summed E-state index contributed by atoms with van der Waals surface area (Å²) < 4.78 is 7.32. The van der Waals surface area contributed by atoms with E-state index in [1.165, 1.54) is 5.56 Å². The van der Waals surface area contributed by atoms with Crippen molar-refractivity contribution in [1.82, 2.24) is 15.1 Å². The molecule has 2 heterocycles. The lowest BCUT2D eigenvalue weighted by molar-refractivity contribution is 0.430. The summed E-state index contributed by atoms with van der Waals surface area (Å²) in [5.41, 5.74) is 2.29. The number of aryl methyl sites for hydroxylation is 2. The minimum atomic E-state index is 0.185. The molecule has 0 aromatic carbocycles. The molecule has 19 heavy (non-hydrogen) atoms. The quantitative estimate of drug-likeness (QED) is 0.897. The van der Waals surface area contributed by atoms with Gasteiger partial charge in [0.1, 0.15) is 11.6 Å². The number of hydrogen-bond acceptors (Lipinski definition) is 4. The van der Waals surface area contributed by atoms with Gasteiger partial charge in [-0.05, 0) is 26.0 Å². The lowest BCUT2D eigenvalue weighted by Crippen LogP contribution is -2.21. The summed E-state index contributed by atoms with van der Waals surface area (Å²) in [6, 6.07) is 4.08. The Kier molecular flexibility index (Phi) is 3.95. The fourth-order valence-corrected chi connectivity index (χ4v) is 2.35. The van der Waals surface area contributed by atoms with Crippen molar-refractivity contribution >= 4 is 5.82 Å². The zero-order valence-corrected chi connectivity index (χ0v) is 12.3. The maximum atomic E-state index is 5.40. The molecule has 5 nitrogen and oxygen atoms in total. The van der Waals surface area contributed by atoms with Gasteiger partial charge in [-0.3, -0.25) is 4.68 Å². The van der Waals surface area contributed by atoms with Gasteiger partial charge in [0, 0.05) is 33.3 Å². The summed E-state index contributed by atoms with van der Waals surface area (Å²) >= 11 is 0. The first-order chi connectivity index (χ1) is 9.00. The van der Waals surface area contributed by atoms with E-state index in [4.69, 9.17) is 4.42 Å². The van der Waals surface area contributed by atoms with Crippen LogP contribution < -0.4 is 10.2 Å². The highest BCUT2D eigenvalue weighted by Gasteiger charge is 2.16. The highest BCUT2D eigenvalue weighted by molar-refractivity contribution is 5.48. The fraction of sp³-hybridized carbons (Fsp3) is 0.500. The van der Waals surface area contributed by atoms with Crippen molar-refractivity contribution in [3.8, 4) is 0 Å². The van der Waals surface area contributed by atoms with Crippen LogP contribution in [0.15, 0.2) is 22.8 Å². The van der Waals surface area contributed by atoms with Gasteiger partial charge in [-0.15, -0.1) is 0 Å². The molecule has 2 aromatic rings. The van der Waals surface area contributed by atoms with Gasteiger partial charge in [0.25, 0.3) is 0 Å². The van der Waals surface area contributed by atoms with Crippen molar-refractivity contribution < 1.29 is 4.42 Å². The van der Waals surface area contributed by atoms with Gasteiger partial charge in [-0.1, -0.05) is 0 Å². The molecule has 5 heteroatoms. The van der Waals surface area contributed by atoms with Gasteiger partial charge in [-0.2, -0.15) is 5.10 Å². The second-order valence-electron chi connectivity index (χ2n) is 5.02. The minimum Gasteiger partial charge on any atom is -0.468 e.